The number of benzene rings is 2. The van der Waals surface area contributed by atoms with Gasteiger partial charge in [-0.15, -0.1) is 11.8 Å². The number of thioether (sulfide) groups is 1. The van der Waals surface area contributed by atoms with Crippen molar-refractivity contribution in [2.24, 2.45) is 5.92 Å². The van der Waals surface area contributed by atoms with Crippen molar-refractivity contribution in [1.29, 1.82) is 0 Å². The number of amides is 2. The third kappa shape index (κ3) is 7.69. The molecule has 0 saturated heterocycles. The quantitative estimate of drug-likeness (QED) is 0.502. The van der Waals surface area contributed by atoms with Crippen LogP contribution >= 0.6 is 23.4 Å². The van der Waals surface area contributed by atoms with Gasteiger partial charge in [-0.05, 0) is 55.2 Å². The van der Waals surface area contributed by atoms with E-state index in [1.54, 1.807) is 23.6 Å². The van der Waals surface area contributed by atoms with Crippen molar-refractivity contribution in [3.8, 4) is 0 Å². The molecule has 0 aliphatic rings. The predicted molar refractivity (Wildman–Crippen MR) is 126 cm³/mol. The number of nitrogens with one attached hydrogen (secondary N) is 1. The molecule has 162 valence electrons. The van der Waals surface area contributed by atoms with Gasteiger partial charge in [-0.25, -0.2) is 0 Å². The molecule has 6 heteroatoms. The maximum atomic E-state index is 13.1. The van der Waals surface area contributed by atoms with Gasteiger partial charge in [0.15, 0.2) is 0 Å². The molecule has 0 fully saturated rings. The minimum atomic E-state index is -0.531. The molecule has 2 rings (SSSR count). The van der Waals surface area contributed by atoms with Crippen molar-refractivity contribution < 1.29 is 9.59 Å². The Labute approximate surface area is 189 Å². The molecule has 0 spiro atoms. The summed E-state index contributed by atoms with van der Waals surface area (Å²) in [6, 6.07) is 15.0. The molecule has 0 unspecified atom stereocenters. The Hall–Kier alpha value is -1.98. The molecule has 30 heavy (non-hydrogen) atoms. The molecule has 2 amide bonds. The molecule has 0 aliphatic heterocycles. The van der Waals surface area contributed by atoms with E-state index in [4.69, 9.17) is 11.6 Å². The lowest BCUT2D eigenvalue weighted by atomic mass is 10.1. The summed E-state index contributed by atoms with van der Waals surface area (Å²) >= 11 is 7.54. The van der Waals surface area contributed by atoms with Gasteiger partial charge in [0.25, 0.3) is 0 Å². The second-order valence-corrected chi connectivity index (χ2v) is 9.42. The molecule has 2 aromatic carbocycles. The highest BCUT2D eigenvalue weighted by Crippen LogP contribution is 2.22. The van der Waals surface area contributed by atoms with Crippen LogP contribution in [-0.2, 0) is 16.1 Å². The van der Waals surface area contributed by atoms with Crippen LogP contribution in [0.5, 0.6) is 0 Å². The Balaban J connectivity index is 2.06. The molecule has 0 radical (unpaired) electrons. The first kappa shape index (κ1) is 24.3. The third-order valence-electron chi connectivity index (χ3n) is 4.85. The van der Waals surface area contributed by atoms with E-state index >= 15 is 0 Å². The maximum absolute atomic E-state index is 13.1. The molecule has 0 heterocycles. The van der Waals surface area contributed by atoms with Crippen LogP contribution in [0.15, 0.2) is 53.4 Å². The van der Waals surface area contributed by atoms with Crippen LogP contribution in [0, 0.1) is 12.8 Å². The highest BCUT2D eigenvalue weighted by molar-refractivity contribution is 7.99. The zero-order valence-electron chi connectivity index (χ0n) is 18.2. The van der Waals surface area contributed by atoms with E-state index in [-0.39, 0.29) is 11.8 Å². The summed E-state index contributed by atoms with van der Waals surface area (Å²) in [6.45, 7) is 8.95. The number of rotatable bonds is 10. The highest BCUT2D eigenvalue weighted by Gasteiger charge is 2.26. The molecule has 4 nitrogen and oxygen atoms in total. The maximum Gasteiger partial charge on any atom is 0.242 e. The highest BCUT2D eigenvalue weighted by atomic mass is 35.5. The van der Waals surface area contributed by atoms with Gasteiger partial charge >= 0.3 is 0 Å². The predicted octanol–water partition coefficient (Wildman–Crippen LogP) is 5.32. The van der Waals surface area contributed by atoms with Crippen LogP contribution in [0.4, 0.5) is 0 Å². The number of aryl methyl sites for hydroxylation is 1. The summed E-state index contributed by atoms with van der Waals surface area (Å²) in [6.07, 6.45) is 0.362. The molecular formula is C24H31ClN2O2S. The van der Waals surface area contributed by atoms with E-state index in [0.717, 1.165) is 16.0 Å². The van der Waals surface area contributed by atoms with Crippen LogP contribution in [-0.4, -0.2) is 35.1 Å². The molecular weight excluding hydrogens is 416 g/mol. The van der Waals surface area contributed by atoms with E-state index in [0.29, 0.717) is 36.2 Å². The monoisotopic (exact) mass is 446 g/mol. The van der Waals surface area contributed by atoms with Crippen molar-refractivity contribution >= 4 is 35.2 Å². The molecule has 0 saturated carbocycles. The fourth-order valence-corrected chi connectivity index (χ4v) is 3.90. The number of hydrogen-bond acceptors (Lipinski definition) is 3. The fraction of sp³-hybridized carbons (Fsp3) is 0.417. The van der Waals surface area contributed by atoms with E-state index in [1.807, 2.05) is 55.5 Å². The topological polar surface area (TPSA) is 49.4 Å². The Morgan fingerprint density at radius 3 is 2.37 bits per heavy atom. The number of carbonyl (C=O) groups is 2. The Morgan fingerprint density at radius 1 is 1.07 bits per heavy atom. The fourth-order valence-electron chi connectivity index (χ4n) is 2.94. The normalized spacial score (nSPS) is 11.9. The average Bonchev–Trinajstić information content (AvgIpc) is 2.72. The van der Waals surface area contributed by atoms with Gasteiger partial charge in [-0.3, -0.25) is 9.59 Å². The summed E-state index contributed by atoms with van der Waals surface area (Å²) in [7, 11) is 0. The lowest BCUT2D eigenvalue weighted by molar-refractivity contribution is -0.140. The minimum absolute atomic E-state index is 0.0214. The van der Waals surface area contributed by atoms with Crippen LogP contribution < -0.4 is 5.32 Å². The van der Waals surface area contributed by atoms with E-state index in [9.17, 15) is 9.59 Å². The molecule has 1 atom stereocenters. The number of hydrogen-bond donors (Lipinski definition) is 1. The smallest absolute Gasteiger partial charge is 0.242 e. The van der Waals surface area contributed by atoms with Crippen molar-refractivity contribution in [2.45, 2.75) is 51.6 Å². The van der Waals surface area contributed by atoms with Crippen molar-refractivity contribution in [2.75, 3.05) is 12.3 Å². The first-order valence-corrected chi connectivity index (χ1v) is 11.6. The van der Waals surface area contributed by atoms with Gasteiger partial charge in [0, 0.05) is 35.2 Å². The second kappa shape index (κ2) is 12.0. The van der Waals surface area contributed by atoms with E-state index < -0.39 is 6.04 Å². The number of carbonyl (C=O) groups excluding carboxylic acids is 2. The van der Waals surface area contributed by atoms with Crippen molar-refractivity contribution in [3.05, 3.63) is 64.7 Å². The summed E-state index contributed by atoms with van der Waals surface area (Å²) in [5.74, 6) is 0.866. The molecule has 1 N–H and O–H groups in total. The van der Waals surface area contributed by atoms with Gasteiger partial charge in [-0.1, -0.05) is 49.7 Å². The van der Waals surface area contributed by atoms with Crippen molar-refractivity contribution in [1.82, 2.24) is 10.2 Å². The zero-order chi connectivity index (χ0) is 22.1. The van der Waals surface area contributed by atoms with E-state index in [1.165, 1.54) is 0 Å². The largest absolute Gasteiger partial charge is 0.354 e. The van der Waals surface area contributed by atoms with Crippen molar-refractivity contribution in [3.63, 3.8) is 0 Å². The lowest BCUT2D eigenvalue weighted by Gasteiger charge is -2.29. The summed E-state index contributed by atoms with van der Waals surface area (Å²) in [4.78, 5) is 28.5. The molecule has 0 aromatic heterocycles. The standard InChI is InChI=1S/C24H31ClN2O2S/c1-17(2)15-26-24(29)19(4)27(16-20-8-6-5-7-18(20)3)23(28)13-14-30-22-11-9-21(25)10-12-22/h5-12,17,19H,13-16H2,1-4H3,(H,26,29)/t19-/m0/s1. The zero-order valence-corrected chi connectivity index (χ0v) is 19.7. The molecule has 0 bridgehead atoms. The Bertz CT molecular complexity index is 839. The Kier molecular flexibility index (Phi) is 9.73. The van der Waals surface area contributed by atoms with Crippen LogP contribution in [0.25, 0.3) is 0 Å². The number of nitrogens with zero attached hydrogens (tertiary/aromatic N) is 1. The average molecular weight is 447 g/mol. The Morgan fingerprint density at radius 2 is 1.73 bits per heavy atom. The van der Waals surface area contributed by atoms with Crippen LogP contribution in [0.1, 0.15) is 38.3 Å². The summed E-state index contributed by atoms with van der Waals surface area (Å²) in [5, 5.41) is 3.65. The van der Waals surface area contributed by atoms with Gasteiger partial charge in [0.05, 0.1) is 0 Å². The molecule has 2 aromatic rings. The first-order chi connectivity index (χ1) is 14.3. The van der Waals surface area contributed by atoms with Gasteiger partial charge < -0.3 is 10.2 Å². The van der Waals surface area contributed by atoms with Gasteiger partial charge in [0.2, 0.25) is 11.8 Å². The summed E-state index contributed by atoms with van der Waals surface area (Å²) < 4.78 is 0. The first-order valence-electron chi connectivity index (χ1n) is 10.3. The van der Waals surface area contributed by atoms with Crippen LogP contribution in [0.3, 0.4) is 0 Å². The second-order valence-electron chi connectivity index (χ2n) is 7.82. The van der Waals surface area contributed by atoms with Gasteiger partial charge in [0.1, 0.15) is 6.04 Å². The minimum Gasteiger partial charge on any atom is -0.354 e. The lowest BCUT2D eigenvalue weighted by Crippen LogP contribution is -2.48. The van der Waals surface area contributed by atoms with Gasteiger partial charge in [-0.2, -0.15) is 0 Å². The molecule has 0 aliphatic carbocycles. The van der Waals surface area contributed by atoms with E-state index in [2.05, 4.69) is 19.2 Å². The van der Waals surface area contributed by atoms with Crippen LogP contribution in [0.2, 0.25) is 5.02 Å². The third-order valence-corrected chi connectivity index (χ3v) is 6.12. The SMILES string of the molecule is Cc1ccccc1CN(C(=O)CCSc1ccc(Cl)cc1)[C@@H](C)C(=O)NCC(C)C. The number of halogens is 1. The summed E-state index contributed by atoms with van der Waals surface area (Å²) in [5.41, 5.74) is 2.17.